The number of furan rings is 1. The molecule has 0 aliphatic carbocycles. The normalized spacial score (nSPS) is 11.4. The van der Waals surface area contributed by atoms with Crippen LogP contribution in [0.1, 0.15) is 16.1 Å². The molecule has 0 aliphatic rings. The first-order valence-electron chi connectivity index (χ1n) is 5.94. The minimum atomic E-state index is -3.72. The third-order valence-electron chi connectivity index (χ3n) is 2.71. The van der Waals surface area contributed by atoms with Gasteiger partial charge in [0, 0.05) is 0 Å². The molecule has 0 atom stereocenters. The van der Waals surface area contributed by atoms with Crippen LogP contribution in [0.15, 0.2) is 39.8 Å². The fourth-order valence-electron chi connectivity index (χ4n) is 1.59. The summed E-state index contributed by atoms with van der Waals surface area (Å²) < 4.78 is 30.2. The van der Waals surface area contributed by atoms with E-state index in [1.165, 1.54) is 19.2 Å². The summed E-state index contributed by atoms with van der Waals surface area (Å²) in [5, 5.41) is 2.62. The molecule has 1 heterocycles. The van der Waals surface area contributed by atoms with Gasteiger partial charge in [-0.15, -0.1) is 0 Å². The van der Waals surface area contributed by atoms with Gasteiger partial charge in [0.2, 0.25) is 5.09 Å². The highest BCUT2D eigenvalue weighted by Crippen LogP contribution is 2.24. The SMILES string of the molecule is CNS(=O)(=O)c1ccc(C(=O)Nc2ccc(C)cc2Cl)o1. The highest BCUT2D eigenvalue weighted by Gasteiger charge is 2.20. The summed E-state index contributed by atoms with van der Waals surface area (Å²) in [6.07, 6.45) is 0. The number of amides is 1. The average Bonchev–Trinajstić information content (AvgIpc) is 2.92. The molecule has 0 bridgehead atoms. The molecule has 1 amide bonds. The Hall–Kier alpha value is -1.83. The van der Waals surface area contributed by atoms with Crippen molar-refractivity contribution < 1.29 is 17.6 Å². The number of halogens is 1. The van der Waals surface area contributed by atoms with Gasteiger partial charge in [0.05, 0.1) is 10.7 Å². The molecule has 0 saturated carbocycles. The first-order valence-corrected chi connectivity index (χ1v) is 7.80. The van der Waals surface area contributed by atoms with E-state index in [4.69, 9.17) is 16.0 Å². The fraction of sp³-hybridized carbons (Fsp3) is 0.154. The number of nitrogens with one attached hydrogen (secondary N) is 2. The van der Waals surface area contributed by atoms with Gasteiger partial charge in [-0.3, -0.25) is 4.79 Å². The van der Waals surface area contributed by atoms with E-state index in [1.807, 2.05) is 6.92 Å². The smallest absolute Gasteiger partial charge is 0.291 e. The lowest BCUT2D eigenvalue weighted by molar-refractivity contribution is 0.0991. The molecule has 1 aromatic heterocycles. The first-order chi connectivity index (χ1) is 9.83. The van der Waals surface area contributed by atoms with E-state index in [0.717, 1.165) is 5.56 Å². The van der Waals surface area contributed by atoms with Crippen LogP contribution in [0, 0.1) is 6.92 Å². The van der Waals surface area contributed by atoms with Gasteiger partial charge in [0.1, 0.15) is 0 Å². The van der Waals surface area contributed by atoms with Gasteiger partial charge in [-0.2, -0.15) is 0 Å². The maximum absolute atomic E-state index is 12.0. The van der Waals surface area contributed by atoms with Crippen LogP contribution < -0.4 is 10.0 Å². The van der Waals surface area contributed by atoms with Crippen LogP contribution in [0.25, 0.3) is 0 Å². The summed E-state index contributed by atoms with van der Waals surface area (Å²) in [5.41, 5.74) is 1.38. The van der Waals surface area contributed by atoms with E-state index in [1.54, 1.807) is 18.2 Å². The molecule has 1 aromatic carbocycles. The minimum Gasteiger partial charge on any atom is -0.438 e. The molecule has 2 N–H and O–H groups in total. The molecule has 6 nitrogen and oxygen atoms in total. The van der Waals surface area contributed by atoms with Crippen molar-refractivity contribution >= 4 is 33.2 Å². The van der Waals surface area contributed by atoms with E-state index < -0.39 is 15.9 Å². The van der Waals surface area contributed by atoms with Gasteiger partial charge in [-0.1, -0.05) is 17.7 Å². The van der Waals surface area contributed by atoms with E-state index in [-0.39, 0.29) is 10.9 Å². The fourth-order valence-corrected chi connectivity index (χ4v) is 2.52. The Bertz CT molecular complexity index is 783. The second kappa shape index (κ2) is 5.88. The van der Waals surface area contributed by atoms with Gasteiger partial charge in [-0.05, 0) is 43.8 Å². The van der Waals surface area contributed by atoms with Crippen molar-refractivity contribution in [2.24, 2.45) is 0 Å². The molecule has 0 aliphatic heterocycles. The quantitative estimate of drug-likeness (QED) is 0.902. The lowest BCUT2D eigenvalue weighted by Gasteiger charge is -2.06. The van der Waals surface area contributed by atoms with Crippen LogP contribution >= 0.6 is 11.6 Å². The van der Waals surface area contributed by atoms with Crippen LogP contribution in [-0.2, 0) is 10.0 Å². The van der Waals surface area contributed by atoms with Crippen LogP contribution in [0.4, 0.5) is 5.69 Å². The standard InChI is InChI=1S/C13H13ClN2O4S/c1-8-3-4-10(9(14)7-8)16-13(17)11-5-6-12(20-11)21(18,19)15-2/h3-7,15H,1-2H3,(H,16,17). The Balaban J connectivity index is 2.22. The molecule has 8 heteroatoms. The van der Waals surface area contributed by atoms with Gasteiger partial charge in [0.15, 0.2) is 5.76 Å². The lowest BCUT2D eigenvalue weighted by Crippen LogP contribution is -2.18. The van der Waals surface area contributed by atoms with Crippen molar-refractivity contribution in [2.45, 2.75) is 12.0 Å². The van der Waals surface area contributed by atoms with Crippen molar-refractivity contribution in [3.8, 4) is 0 Å². The Morgan fingerprint density at radius 1 is 1.24 bits per heavy atom. The Kier molecular flexibility index (Phi) is 4.36. The maximum atomic E-state index is 12.0. The highest BCUT2D eigenvalue weighted by atomic mass is 35.5. The molecule has 112 valence electrons. The molecule has 0 fully saturated rings. The number of anilines is 1. The zero-order valence-electron chi connectivity index (χ0n) is 11.3. The molecule has 0 saturated heterocycles. The maximum Gasteiger partial charge on any atom is 0.291 e. The van der Waals surface area contributed by atoms with Crippen molar-refractivity contribution in [3.63, 3.8) is 0 Å². The molecule has 2 aromatic rings. The summed E-state index contributed by atoms with van der Waals surface area (Å²) in [7, 11) is -2.47. The Labute approximate surface area is 127 Å². The molecule has 0 unspecified atom stereocenters. The van der Waals surface area contributed by atoms with E-state index >= 15 is 0 Å². The van der Waals surface area contributed by atoms with Crippen molar-refractivity contribution in [2.75, 3.05) is 12.4 Å². The number of rotatable bonds is 4. The monoisotopic (exact) mass is 328 g/mol. The van der Waals surface area contributed by atoms with E-state index in [2.05, 4.69) is 10.0 Å². The number of benzene rings is 1. The number of aryl methyl sites for hydroxylation is 1. The first kappa shape index (κ1) is 15.6. The number of carbonyl (C=O) groups is 1. The predicted octanol–water partition coefficient (Wildman–Crippen LogP) is 2.40. The molecule has 0 spiro atoms. The van der Waals surface area contributed by atoms with Crippen molar-refractivity contribution in [3.05, 3.63) is 46.7 Å². The third kappa shape index (κ3) is 3.44. The predicted molar refractivity (Wildman–Crippen MR) is 79.1 cm³/mol. The Morgan fingerprint density at radius 3 is 2.57 bits per heavy atom. The zero-order valence-corrected chi connectivity index (χ0v) is 12.9. The molecule has 2 rings (SSSR count). The summed E-state index contributed by atoms with van der Waals surface area (Å²) in [6.45, 7) is 1.87. The van der Waals surface area contributed by atoms with Crippen molar-refractivity contribution in [1.29, 1.82) is 0 Å². The number of hydrogen-bond donors (Lipinski definition) is 2. The van der Waals surface area contributed by atoms with E-state index in [0.29, 0.717) is 10.7 Å². The summed E-state index contributed by atoms with van der Waals surface area (Å²) >= 11 is 6.01. The van der Waals surface area contributed by atoms with E-state index in [9.17, 15) is 13.2 Å². The molecular weight excluding hydrogens is 316 g/mol. The summed E-state index contributed by atoms with van der Waals surface area (Å²) in [4.78, 5) is 12.0. The average molecular weight is 329 g/mol. The summed E-state index contributed by atoms with van der Waals surface area (Å²) in [6, 6.07) is 7.64. The molecule has 0 radical (unpaired) electrons. The van der Waals surface area contributed by atoms with Gasteiger partial charge in [0.25, 0.3) is 15.9 Å². The number of hydrogen-bond acceptors (Lipinski definition) is 4. The van der Waals surface area contributed by atoms with Crippen LogP contribution in [0.5, 0.6) is 0 Å². The van der Waals surface area contributed by atoms with Crippen molar-refractivity contribution in [1.82, 2.24) is 4.72 Å². The number of sulfonamides is 1. The number of carbonyl (C=O) groups excluding carboxylic acids is 1. The highest BCUT2D eigenvalue weighted by molar-refractivity contribution is 7.89. The third-order valence-corrected chi connectivity index (χ3v) is 4.31. The van der Waals surface area contributed by atoms with Gasteiger partial charge >= 0.3 is 0 Å². The topological polar surface area (TPSA) is 88.4 Å². The minimum absolute atomic E-state index is 0.125. The Morgan fingerprint density at radius 2 is 1.95 bits per heavy atom. The van der Waals surface area contributed by atoms with Crippen LogP contribution in [0.2, 0.25) is 5.02 Å². The second-order valence-corrected chi connectivity index (χ2v) is 6.49. The van der Waals surface area contributed by atoms with Gasteiger partial charge in [-0.25, -0.2) is 13.1 Å². The van der Waals surface area contributed by atoms with Crippen LogP contribution in [0.3, 0.4) is 0 Å². The molecular formula is C13H13ClN2O4S. The van der Waals surface area contributed by atoms with Crippen LogP contribution in [-0.4, -0.2) is 21.4 Å². The second-order valence-electron chi connectivity index (χ2n) is 4.26. The summed E-state index contributed by atoms with van der Waals surface area (Å²) in [5.74, 6) is -0.709. The largest absolute Gasteiger partial charge is 0.438 e. The molecule has 21 heavy (non-hydrogen) atoms. The zero-order chi connectivity index (χ0) is 15.6. The lowest BCUT2D eigenvalue weighted by atomic mass is 10.2. The van der Waals surface area contributed by atoms with Gasteiger partial charge < -0.3 is 9.73 Å².